The van der Waals surface area contributed by atoms with E-state index in [4.69, 9.17) is 14.2 Å². The SMILES string of the molecule is C=CCCCOc1ccc(-c2ccc(-c3ccc(C4COC(C)OC4)cc3F)cc2)c(F)c1F. The molecule has 6 heteroatoms. The molecule has 1 heterocycles. The minimum Gasteiger partial charge on any atom is -0.490 e. The van der Waals surface area contributed by atoms with Gasteiger partial charge in [0.05, 0.1) is 19.8 Å². The van der Waals surface area contributed by atoms with Gasteiger partial charge in [-0.05, 0) is 54.7 Å². The summed E-state index contributed by atoms with van der Waals surface area (Å²) < 4.78 is 60.4. The molecule has 3 nitrogen and oxygen atoms in total. The van der Waals surface area contributed by atoms with E-state index in [-0.39, 0.29) is 35.9 Å². The van der Waals surface area contributed by atoms with Crippen LogP contribution in [0.15, 0.2) is 67.3 Å². The Morgan fingerprint density at radius 1 is 0.912 bits per heavy atom. The molecule has 0 N–H and O–H groups in total. The fraction of sp³-hybridized carbons (Fsp3) is 0.286. The van der Waals surface area contributed by atoms with Crippen LogP contribution in [0, 0.1) is 17.5 Å². The average Bonchev–Trinajstić information content (AvgIpc) is 2.85. The zero-order chi connectivity index (χ0) is 24.1. The van der Waals surface area contributed by atoms with Gasteiger partial charge in [0, 0.05) is 17.0 Å². The summed E-state index contributed by atoms with van der Waals surface area (Å²) in [6, 6.07) is 14.7. The summed E-state index contributed by atoms with van der Waals surface area (Å²) in [5, 5.41) is 0. The minimum absolute atomic E-state index is 0.0195. The van der Waals surface area contributed by atoms with E-state index in [0.29, 0.717) is 36.3 Å². The van der Waals surface area contributed by atoms with E-state index < -0.39 is 11.6 Å². The topological polar surface area (TPSA) is 27.7 Å². The number of hydrogen-bond donors (Lipinski definition) is 0. The molecule has 0 saturated carbocycles. The molecular formula is C28H27F3O3. The fourth-order valence-electron chi connectivity index (χ4n) is 3.92. The lowest BCUT2D eigenvalue weighted by atomic mass is 9.95. The summed E-state index contributed by atoms with van der Waals surface area (Å²) in [5.74, 6) is -2.50. The number of unbranched alkanes of at least 4 members (excludes halogenated alkanes) is 1. The second-order valence-electron chi connectivity index (χ2n) is 8.27. The standard InChI is InChI=1S/C28H27F3O3/c1-3-4-5-14-32-26-13-12-24(27(30)28(26)31)20-8-6-19(7-9-20)23-11-10-21(15-25(23)29)22-16-33-18(2)34-17-22/h3,6-13,15,18,22H,1,4-5,14,16-17H2,2H3. The Morgan fingerprint density at radius 3 is 2.21 bits per heavy atom. The highest BCUT2D eigenvalue weighted by atomic mass is 19.2. The van der Waals surface area contributed by atoms with Crippen LogP contribution in [0.5, 0.6) is 5.75 Å². The number of halogens is 3. The molecule has 0 atom stereocenters. The zero-order valence-electron chi connectivity index (χ0n) is 19.0. The Hall–Kier alpha value is -3.09. The molecule has 0 aromatic heterocycles. The third-order valence-electron chi connectivity index (χ3n) is 5.89. The first-order valence-electron chi connectivity index (χ1n) is 11.3. The summed E-state index contributed by atoms with van der Waals surface area (Å²) in [7, 11) is 0. The number of rotatable bonds is 8. The Balaban J connectivity index is 1.50. The summed E-state index contributed by atoms with van der Waals surface area (Å²) in [4.78, 5) is 0. The molecule has 0 amide bonds. The van der Waals surface area contributed by atoms with Crippen LogP contribution in [0.2, 0.25) is 0 Å². The van der Waals surface area contributed by atoms with Gasteiger partial charge in [-0.15, -0.1) is 6.58 Å². The van der Waals surface area contributed by atoms with E-state index in [2.05, 4.69) is 6.58 Å². The number of benzene rings is 3. The van der Waals surface area contributed by atoms with Crippen molar-refractivity contribution in [3.8, 4) is 28.0 Å². The first-order chi connectivity index (χ1) is 16.5. The molecule has 1 saturated heterocycles. The molecule has 0 bridgehead atoms. The summed E-state index contributed by atoms with van der Waals surface area (Å²) in [6.07, 6.45) is 2.91. The molecular weight excluding hydrogens is 441 g/mol. The van der Waals surface area contributed by atoms with E-state index in [1.54, 1.807) is 36.4 Å². The Kier molecular flexibility index (Phi) is 7.70. The van der Waals surface area contributed by atoms with Gasteiger partial charge in [0.25, 0.3) is 0 Å². The van der Waals surface area contributed by atoms with Crippen molar-refractivity contribution in [2.45, 2.75) is 32.0 Å². The first kappa shape index (κ1) is 24.0. The van der Waals surface area contributed by atoms with E-state index in [1.807, 2.05) is 13.0 Å². The monoisotopic (exact) mass is 468 g/mol. The molecule has 0 spiro atoms. The van der Waals surface area contributed by atoms with Crippen molar-refractivity contribution in [1.29, 1.82) is 0 Å². The van der Waals surface area contributed by atoms with Crippen LogP contribution in [-0.2, 0) is 9.47 Å². The molecule has 3 aromatic rings. The molecule has 3 aromatic carbocycles. The maximum atomic E-state index is 14.9. The molecule has 0 aliphatic carbocycles. The summed E-state index contributed by atoms with van der Waals surface area (Å²) in [5.41, 5.74) is 2.48. The third-order valence-corrected chi connectivity index (χ3v) is 5.89. The average molecular weight is 469 g/mol. The van der Waals surface area contributed by atoms with Crippen molar-refractivity contribution in [2.24, 2.45) is 0 Å². The first-order valence-corrected chi connectivity index (χ1v) is 11.3. The normalized spacial score (nSPS) is 18.0. The predicted octanol–water partition coefficient (Wildman–Crippen LogP) is 7.26. The Morgan fingerprint density at radius 2 is 1.56 bits per heavy atom. The van der Waals surface area contributed by atoms with Gasteiger partial charge in [0.2, 0.25) is 5.82 Å². The second kappa shape index (κ2) is 10.9. The third kappa shape index (κ3) is 5.34. The lowest BCUT2D eigenvalue weighted by Gasteiger charge is -2.27. The number of allylic oxidation sites excluding steroid dienone is 1. The van der Waals surface area contributed by atoms with E-state index >= 15 is 0 Å². The van der Waals surface area contributed by atoms with Gasteiger partial charge in [-0.3, -0.25) is 0 Å². The van der Waals surface area contributed by atoms with Gasteiger partial charge in [-0.2, -0.15) is 4.39 Å². The maximum absolute atomic E-state index is 14.9. The molecule has 1 fully saturated rings. The highest BCUT2D eigenvalue weighted by Crippen LogP contribution is 2.33. The van der Waals surface area contributed by atoms with Gasteiger partial charge in [-0.25, -0.2) is 8.78 Å². The number of hydrogen-bond acceptors (Lipinski definition) is 3. The largest absolute Gasteiger partial charge is 0.490 e. The molecule has 1 aliphatic rings. The van der Waals surface area contributed by atoms with Crippen LogP contribution in [0.4, 0.5) is 13.2 Å². The van der Waals surface area contributed by atoms with Gasteiger partial charge in [0.15, 0.2) is 17.9 Å². The molecule has 0 radical (unpaired) electrons. The highest BCUT2D eigenvalue weighted by molar-refractivity contribution is 5.71. The van der Waals surface area contributed by atoms with E-state index in [1.165, 1.54) is 18.2 Å². The Bertz CT molecular complexity index is 1140. The molecule has 1 aliphatic heterocycles. The van der Waals surface area contributed by atoms with Gasteiger partial charge in [-0.1, -0.05) is 42.5 Å². The van der Waals surface area contributed by atoms with Crippen molar-refractivity contribution in [2.75, 3.05) is 19.8 Å². The van der Waals surface area contributed by atoms with Crippen LogP contribution in [0.25, 0.3) is 22.3 Å². The van der Waals surface area contributed by atoms with Gasteiger partial charge < -0.3 is 14.2 Å². The quantitative estimate of drug-likeness (QED) is 0.257. The molecule has 4 rings (SSSR count). The van der Waals surface area contributed by atoms with E-state index in [9.17, 15) is 13.2 Å². The zero-order valence-corrected chi connectivity index (χ0v) is 19.0. The lowest BCUT2D eigenvalue weighted by Crippen LogP contribution is -2.28. The van der Waals surface area contributed by atoms with Gasteiger partial charge >= 0.3 is 0 Å². The van der Waals surface area contributed by atoms with Crippen LogP contribution in [-0.4, -0.2) is 26.1 Å². The fourth-order valence-corrected chi connectivity index (χ4v) is 3.92. The highest BCUT2D eigenvalue weighted by Gasteiger charge is 2.22. The van der Waals surface area contributed by atoms with Crippen LogP contribution in [0.1, 0.15) is 31.2 Å². The summed E-state index contributed by atoms with van der Waals surface area (Å²) >= 11 is 0. The molecule has 0 unspecified atom stereocenters. The van der Waals surface area contributed by atoms with Crippen molar-refractivity contribution >= 4 is 0 Å². The van der Waals surface area contributed by atoms with E-state index in [0.717, 1.165) is 12.0 Å². The smallest absolute Gasteiger partial charge is 0.201 e. The lowest BCUT2D eigenvalue weighted by molar-refractivity contribution is -0.176. The second-order valence-corrected chi connectivity index (χ2v) is 8.27. The van der Waals surface area contributed by atoms with Crippen molar-refractivity contribution in [1.82, 2.24) is 0 Å². The minimum atomic E-state index is -1.02. The van der Waals surface area contributed by atoms with Crippen LogP contribution >= 0.6 is 0 Å². The molecule has 34 heavy (non-hydrogen) atoms. The van der Waals surface area contributed by atoms with Crippen molar-refractivity contribution in [3.05, 3.63) is 90.3 Å². The predicted molar refractivity (Wildman–Crippen MR) is 126 cm³/mol. The Labute approximate surface area is 197 Å². The van der Waals surface area contributed by atoms with Crippen LogP contribution < -0.4 is 4.74 Å². The van der Waals surface area contributed by atoms with Crippen molar-refractivity contribution < 1.29 is 27.4 Å². The van der Waals surface area contributed by atoms with Crippen molar-refractivity contribution in [3.63, 3.8) is 0 Å². The van der Waals surface area contributed by atoms with Gasteiger partial charge in [0.1, 0.15) is 5.82 Å². The van der Waals surface area contributed by atoms with Crippen LogP contribution in [0.3, 0.4) is 0 Å². The summed E-state index contributed by atoms with van der Waals surface area (Å²) in [6.45, 7) is 6.69. The molecule has 178 valence electrons. The maximum Gasteiger partial charge on any atom is 0.201 e. The number of ether oxygens (including phenoxy) is 3.